The van der Waals surface area contributed by atoms with Crippen LogP contribution in [0.2, 0.25) is 0 Å². The van der Waals surface area contributed by atoms with Crippen molar-refractivity contribution in [1.29, 1.82) is 0 Å². The zero-order valence-electron chi connectivity index (χ0n) is 2.13. The van der Waals surface area contributed by atoms with Gasteiger partial charge in [-0.3, -0.25) is 0 Å². The molecule has 4 heteroatoms. The van der Waals surface area contributed by atoms with Gasteiger partial charge >= 0.3 is 27.0 Å². The topological polar surface area (TPSA) is 0 Å². The van der Waals surface area contributed by atoms with Gasteiger partial charge in [-0.05, 0) is 0 Å². The molecule has 0 saturated carbocycles. The van der Waals surface area contributed by atoms with Crippen LogP contribution in [0.3, 0.4) is 0 Å². The van der Waals surface area contributed by atoms with E-state index in [2.05, 4.69) is 0 Å². The molecule has 0 bridgehead atoms. The van der Waals surface area contributed by atoms with Crippen molar-refractivity contribution in [2.45, 2.75) is 0 Å². The minimum atomic E-state index is -4.83. The molecule has 0 aliphatic carbocycles. The average molecular weight is 63.9 g/mol. The first kappa shape index (κ1) is 4.39. The van der Waals surface area contributed by atoms with E-state index < -0.39 is 16.9 Å². The normalized spacial score (nSPS) is 9.00. The Kier molecular flexibility index (Phi) is 1.85. The monoisotopic (exact) mass is 64.0 g/mol. The number of hydrogen-bond donors (Lipinski definition) is 0. The summed E-state index contributed by atoms with van der Waals surface area (Å²) >= 11 is -4.83. The molecule has 0 unspecified atom stereocenters. The van der Waals surface area contributed by atoms with Crippen LogP contribution in [0.5, 0.6) is 0 Å². The fourth-order valence-corrected chi connectivity index (χ4v) is 0. The van der Waals surface area contributed by atoms with Crippen molar-refractivity contribution >= 4 is 16.9 Å². The van der Waals surface area contributed by atoms with Crippen LogP contribution >= 0.6 is 0 Å². The quantitative estimate of drug-likeness (QED) is 0.367. The van der Waals surface area contributed by atoms with Crippen molar-refractivity contribution in [1.82, 2.24) is 0 Å². The van der Waals surface area contributed by atoms with Gasteiger partial charge in [0.05, 0.1) is 0 Å². The van der Waals surface area contributed by atoms with Crippen LogP contribution < -0.4 is 0 Å². The van der Waals surface area contributed by atoms with Crippen LogP contribution in [0.4, 0.5) is 10.1 Å². The Morgan fingerprint density at radius 1 is 1.00 bits per heavy atom. The summed E-state index contributed by atoms with van der Waals surface area (Å²) in [5, 5.41) is 0. The summed E-state index contributed by atoms with van der Waals surface area (Å²) in [5.74, 6) is 0. The Hall–Kier alpha value is 0.387. The number of halogens is 3. The first-order valence-corrected chi connectivity index (χ1v) is 1.13. The van der Waals surface area contributed by atoms with Crippen LogP contribution in [0.25, 0.3) is 0 Å². The first-order chi connectivity index (χ1) is 1.73. The van der Waals surface area contributed by atoms with Crippen molar-refractivity contribution in [3.63, 3.8) is 0 Å². The molecule has 0 aliphatic heterocycles. The molecule has 0 saturated heterocycles. The van der Waals surface area contributed by atoms with Gasteiger partial charge < -0.3 is 0 Å². The molecule has 0 rings (SSSR count). The molecule has 0 heterocycles. The molecule has 0 aliphatic rings. The molecule has 0 N–H and O–H groups in total. The zero-order valence-corrected chi connectivity index (χ0v) is 2.13. The number of rotatable bonds is 0. The summed E-state index contributed by atoms with van der Waals surface area (Å²) in [6.07, 6.45) is 0. The van der Waals surface area contributed by atoms with Gasteiger partial charge in [-0.1, -0.05) is 0 Å². The van der Waals surface area contributed by atoms with Crippen LogP contribution in [-0.4, -0.2) is 16.9 Å². The van der Waals surface area contributed by atoms with E-state index in [0.717, 1.165) is 0 Å². The maximum absolute atomic E-state index is 9.83. The predicted molar refractivity (Wildman–Crippen MR) is 9.08 cm³/mol. The predicted octanol–water partition coefficient (Wildman–Crippen LogP) is 0.880. The van der Waals surface area contributed by atoms with E-state index in [9.17, 15) is 10.1 Å². The van der Waals surface area contributed by atoms with Crippen LogP contribution in [0.15, 0.2) is 0 Å². The van der Waals surface area contributed by atoms with Crippen molar-refractivity contribution in [3.05, 3.63) is 0 Å². The van der Waals surface area contributed by atoms with E-state index in [-0.39, 0.29) is 0 Å². The molecule has 0 aromatic carbocycles. The summed E-state index contributed by atoms with van der Waals surface area (Å²) < 4.78 is 29.5. The van der Waals surface area contributed by atoms with Crippen LogP contribution in [0.1, 0.15) is 0 Å². The first-order valence-electron chi connectivity index (χ1n) is 1.13. The van der Waals surface area contributed by atoms with Crippen molar-refractivity contribution in [2.24, 2.45) is 0 Å². The molecule has 0 spiro atoms. The van der Waals surface area contributed by atoms with Gasteiger partial charge in [0.1, 0.15) is 0 Å². The molecule has 0 aromatic heterocycles. The van der Waals surface area contributed by atoms with Gasteiger partial charge in [0.15, 0.2) is 0 Å². The fraction of sp³-hybridized carbons (Fsp3) is 0. The summed E-state index contributed by atoms with van der Waals surface area (Å²) in [6, 6.07) is 0. The second-order valence-electron chi connectivity index (χ2n) is 0.429. The Bertz CT molecular complexity index is 8.00. The van der Waals surface area contributed by atoms with Gasteiger partial charge in [0.2, 0.25) is 0 Å². The van der Waals surface area contributed by atoms with Crippen molar-refractivity contribution < 1.29 is 10.1 Å². The molecule has 0 nitrogen and oxygen atoms in total. The van der Waals surface area contributed by atoms with E-state index >= 15 is 0 Å². The molecule has 4 heavy (non-hydrogen) atoms. The van der Waals surface area contributed by atoms with Gasteiger partial charge in [-0.25, -0.2) is 0 Å². The van der Waals surface area contributed by atoms with Gasteiger partial charge in [0, 0.05) is 0 Å². The van der Waals surface area contributed by atoms with Gasteiger partial charge in [0.25, 0.3) is 0 Å². The third-order valence-electron chi connectivity index (χ3n) is 0. The Balaban J connectivity index is 2.32. The Morgan fingerprint density at radius 2 is 1.00 bits per heavy atom. The van der Waals surface area contributed by atoms with Crippen molar-refractivity contribution in [2.75, 3.05) is 0 Å². The van der Waals surface area contributed by atoms with Crippen molar-refractivity contribution in [3.8, 4) is 0 Å². The summed E-state index contributed by atoms with van der Waals surface area (Å²) in [4.78, 5) is 0. The summed E-state index contributed by atoms with van der Waals surface area (Å²) in [5.41, 5.74) is 0. The molecule has 22 valence electrons. The molecule has 0 aromatic rings. The maximum atomic E-state index is 9.83. The van der Waals surface area contributed by atoms with E-state index in [1.54, 1.807) is 0 Å². The fourth-order valence-electron chi connectivity index (χ4n) is 0. The second-order valence-corrected chi connectivity index (χ2v) is 0.429. The van der Waals surface area contributed by atoms with Crippen LogP contribution in [0, 0.1) is 0 Å². The minimum absolute atomic E-state index is 4.83. The average Bonchev–Trinajstić information content (AvgIpc) is 0.811. The van der Waals surface area contributed by atoms with Crippen LogP contribution in [-0.2, 0) is 0 Å². The third kappa shape index (κ3) is 30.6. The second kappa shape index (κ2) is 1.68. The van der Waals surface area contributed by atoms with Gasteiger partial charge in [-0.15, -0.1) is 0 Å². The van der Waals surface area contributed by atoms with Gasteiger partial charge in [-0.2, -0.15) is 0 Å². The molecular formula is F3Li. The Labute approximate surface area is 27.9 Å². The van der Waals surface area contributed by atoms with E-state index in [4.69, 9.17) is 0 Å². The van der Waals surface area contributed by atoms with E-state index in [1.165, 1.54) is 0 Å². The summed E-state index contributed by atoms with van der Waals surface area (Å²) in [6.45, 7) is 0. The molecule has 0 amide bonds. The molecule has 0 atom stereocenters. The standard InChI is InChI=1S/3FH.Li/h3*1H;/q;;;+3/p-3. The number of hydrogen-bond acceptors (Lipinski definition) is 0. The molecular weight excluding hydrogens is 63.9 g/mol. The van der Waals surface area contributed by atoms with E-state index in [1.807, 2.05) is 0 Å². The third-order valence-corrected chi connectivity index (χ3v) is 0. The SMILES string of the molecule is [F][Li]([F])[F]. The Morgan fingerprint density at radius 3 is 1.00 bits per heavy atom. The molecule has 4 radical (unpaired) electrons. The summed E-state index contributed by atoms with van der Waals surface area (Å²) in [7, 11) is 0. The zero-order chi connectivity index (χ0) is 3.58. The van der Waals surface area contributed by atoms with E-state index in [0.29, 0.717) is 0 Å². The molecule has 0 fully saturated rings.